The maximum Gasteiger partial charge on any atom is 0.254 e. The maximum atomic E-state index is 13.3. The van der Waals surface area contributed by atoms with Gasteiger partial charge in [0.25, 0.3) is 5.56 Å². The summed E-state index contributed by atoms with van der Waals surface area (Å²) < 4.78 is 59.1. The number of sulfonamides is 1. The van der Waals surface area contributed by atoms with Crippen LogP contribution in [-0.4, -0.2) is 36.5 Å². The Labute approximate surface area is 143 Å². The van der Waals surface area contributed by atoms with Gasteiger partial charge in [0.2, 0.25) is 10.0 Å². The van der Waals surface area contributed by atoms with Crippen LogP contribution in [0.1, 0.15) is 5.69 Å². The van der Waals surface area contributed by atoms with E-state index in [1.807, 2.05) is 0 Å². The molecule has 9 heteroatoms. The molecule has 134 valence electrons. The first-order chi connectivity index (χ1) is 11.7. The van der Waals surface area contributed by atoms with Gasteiger partial charge in [-0.05, 0) is 31.2 Å². The van der Waals surface area contributed by atoms with Gasteiger partial charge in [0.05, 0.1) is 18.0 Å². The van der Waals surface area contributed by atoms with Crippen LogP contribution in [0, 0.1) is 18.6 Å². The summed E-state index contributed by atoms with van der Waals surface area (Å²) in [6.07, 6.45) is -0.411. The van der Waals surface area contributed by atoms with Crippen molar-refractivity contribution in [2.75, 3.05) is 13.1 Å². The molecule has 1 saturated heterocycles. The number of rotatable bonds is 4. The predicted molar refractivity (Wildman–Crippen MR) is 86.0 cm³/mol. The summed E-state index contributed by atoms with van der Waals surface area (Å²) in [6.45, 7) is 1.89. The van der Waals surface area contributed by atoms with Crippen LogP contribution in [0.5, 0.6) is 5.75 Å². The van der Waals surface area contributed by atoms with Crippen molar-refractivity contribution in [3.05, 3.63) is 58.0 Å². The van der Waals surface area contributed by atoms with E-state index in [9.17, 15) is 22.0 Å². The molecule has 25 heavy (non-hydrogen) atoms. The molecule has 0 saturated carbocycles. The fraction of sp³-hybridized carbons (Fsp3) is 0.312. The lowest BCUT2D eigenvalue weighted by Crippen LogP contribution is -2.56. The standard InChI is InChI=1S/C16H16F2N2O4S/c1-10-5-11(6-16(21)19(10)2)24-12-8-20(9-12)25(22,23)13-3-4-14(17)15(18)7-13/h3-7,12H,8-9H2,1-2H3. The minimum Gasteiger partial charge on any atom is -0.487 e. The highest BCUT2D eigenvalue weighted by Crippen LogP contribution is 2.25. The van der Waals surface area contributed by atoms with Crippen LogP contribution in [0.2, 0.25) is 0 Å². The summed E-state index contributed by atoms with van der Waals surface area (Å²) >= 11 is 0. The van der Waals surface area contributed by atoms with Crippen LogP contribution >= 0.6 is 0 Å². The van der Waals surface area contributed by atoms with E-state index in [0.717, 1.165) is 16.4 Å². The largest absolute Gasteiger partial charge is 0.487 e. The highest BCUT2D eigenvalue weighted by atomic mass is 32.2. The van der Waals surface area contributed by atoms with E-state index < -0.39 is 27.8 Å². The Balaban J connectivity index is 1.69. The Morgan fingerprint density at radius 2 is 1.80 bits per heavy atom. The Bertz CT molecular complexity index is 982. The molecule has 6 nitrogen and oxygen atoms in total. The number of aryl methyl sites for hydroxylation is 1. The van der Waals surface area contributed by atoms with Crippen LogP contribution in [0.15, 0.2) is 40.0 Å². The van der Waals surface area contributed by atoms with Crippen molar-refractivity contribution in [2.24, 2.45) is 7.05 Å². The van der Waals surface area contributed by atoms with Crippen LogP contribution < -0.4 is 10.3 Å². The number of halogens is 2. The fourth-order valence-corrected chi connectivity index (χ4v) is 3.97. The summed E-state index contributed by atoms with van der Waals surface area (Å²) in [5.41, 5.74) is 0.494. The van der Waals surface area contributed by atoms with Crippen LogP contribution in [0.3, 0.4) is 0 Å². The normalized spacial score (nSPS) is 15.8. The Morgan fingerprint density at radius 1 is 1.12 bits per heavy atom. The number of benzene rings is 1. The maximum absolute atomic E-state index is 13.3. The molecule has 0 bridgehead atoms. The number of aromatic nitrogens is 1. The molecular weight excluding hydrogens is 354 g/mol. The molecule has 0 radical (unpaired) electrons. The second kappa shape index (κ2) is 6.23. The van der Waals surface area contributed by atoms with Gasteiger partial charge in [-0.15, -0.1) is 0 Å². The molecule has 0 spiro atoms. The second-order valence-electron chi connectivity index (χ2n) is 5.87. The zero-order valence-corrected chi connectivity index (χ0v) is 14.4. The van der Waals surface area contributed by atoms with E-state index in [2.05, 4.69) is 0 Å². The van der Waals surface area contributed by atoms with Crippen molar-refractivity contribution in [2.45, 2.75) is 17.9 Å². The molecule has 2 heterocycles. The van der Waals surface area contributed by atoms with E-state index in [1.54, 1.807) is 20.0 Å². The minimum absolute atomic E-state index is 0.0651. The van der Waals surface area contributed by atoms with Gasteiger partial charge in [0, 0.05) is 18.8 Å². The summed E-state index contributed by atoms with van der Waals surface area (Å²) in [5.74, 6) is -1.95. The van der Waals surface area contributed by atoms with E-state index in [0.29, 0.717) is 17.5 Å². The van der Waals surface area contributed by atoms with Gasteiger partial charge in [-0.2, -0.15) is 4.31 Å². The summed E-state index contributed by atoms with van der Waals surface area (Å²) in [6, 6.07) is 5.47. The van der Waals surface area contributed by atoms with Gasteiger partial charge in [-0.1, -0.05) is 0 Å². The molecule has 1 aromatic carbocycles. The summed E-state index contributed by atoms with van der Waals surface area (Å²) in [5, 5.41) is 0. The molecule has 1 fully saturated rings. The van der Waals surface area contributed by atoms with Gasteiger partial charge in [-0.3, -0.25) is 4.79 Å². The van der Waals surface area contributed by atoms with Crippen molar-refractivity contribution >= 4 is 10.0 Å². The molecule has 3 rings (SSSR count). The van der Waals surface area contributed by atoms with Crippen LogP contribution in [0.25, 0.3) is 0 Å². The molecule has 0 N–H and O–H groups in total. The molecule has 0 aliphatic carbocycles. The second-order valence-corrected chi connectivity index (χ2v) is 7.81. The van der Waals surface area contributed by atoms with Crippen LogP contribution in [-0.2, 0) is 17.1 Å². The highest BCUT2D eigenvalue weighted by Gasteiger charge is 2.38. The van der Waals surface area contributed by atoms with Crippen molar-refractivity contribution in [1.82, 2.24) is 8.87 Å². The van der Waals surface area contributed by atoms with Gasteiger partial charge >= 0.3 is 0 Å². The SMILES string of the molecule is Cc1cc(OC2CN(S(=O)(=O)c3ccc(F)c(F)c3)C2)cc(=O)n1C. The van der Waals surface area contributed by atoms with E-state index in [1.165, 1.54) is 10.6 Å². The molecule has 0 unspecified atom stereocenters. The first-order valence-corrected chi connectivity index (χ1v) is 8.92. The number of nitrogens with zero attached hydrogens (tertiary/aromatic N) is 2. The first kappa shape index (κ1) is 17.6. The fourth-order valence-electron chi connectivity index (χ4n) is 2.46. The predicted octanol–water partition coefficient (Wildman–Crippen LogP) is 1.42. The lowest BCUT2D eigenvalue weighted by Gasteiger charge is -2.37. The zero-order valence-electron chi connectivity index (χ0n) is 13.6. The van der Waals surface area contributed by atoms with Gasteiger partial charge in [0.1, 0.15) is 11.9 Å². The van der Waals surface area contributed by atoms with Crippen LogP contribution in [0.4, 0.5) is 8.78 Å². The number of pyridine rings is 1. The Hall–Kier alpha value is -2.26. The summed E-state index contributed by atoms with van der Waals surface area (Å²) in [4.78, 5) is 11.4. The number of hydrogen-bond acceptors (Lipinski definition) is 4. The minimum atomic E-state index is -3.91. The molecule has 2 aromatic rings. The van der Waals surface area contributed by atoms with Crippen molar-refractivity contribution in [3.8, 4) is 5.75 Å². The van der Waals surface area contributed by atoms with Crippen molar-refractivity contribution in [1.29, 1.82) is 0 Å². The number of hydrogen-bond donors (Lipinski definition) is 0. The van der Waals surface area contributed by atoms with E-state index in [-0.39, 0.29) is 23.5 Å². The third-order valence-corrected chi connectivity index (χ3v) is 5.95. The Morgan fingerprint density at radius 3 is 2.40 bits per heavy atom. The average Bonchev–Trinajstić information content (AvgIpc) is 2.50. The Kier molecular flexibility index (Phi) is 4.38. The molecule has 1 aromatic heterocycles. The van der Waals surface area contributed by atoms with Gasteiger partial charge in [0.15, 0.2) is 11.6 Å². The quantitative estimate of drug-likeness (QED) is 0.816. The van der Waals surface area contributed by atoms with Crippen molar-refractivity contribution < 1.29 is 21.9 Å². The van der Waals surface area contributed by atoms with E-state index in [4.69, 9.17) is 4.74 Å². The molecule has 1 aliphatic heterocycles. The molecule has 0 amide bonds. The lowest BCUT2D eigenvalue weighted by molar-refractivity contribution is 0.0759. The van der Waals surface area contributed by atoms with Gasteiger partial charge in [-0.25, -0.2) is 17.2 Å². The molecule has 0 atom stereocenters. The smallest absolute Gasteiger partial charge is 0.254 e. The third kappa shape index (κ3) is 3.29. The first-order valence-electron chi connectivity index (χ1n) is 7.48. The van der Waals surface area contributed by atoms with E-state index >= 15 is 0 Å². The number of ether oxygens (including phenoxy) is 1. The molecule has 1 aliphatic rings. The average molecular weight is 370 g/mol. The lowest BCUT2D eigenvalue weighted by atomic mass is 10.2. The highest BCUT2D eigenvalue weighted by molar-refractivity contribution is 7.89. The summed E-state index contributed by atoms with van der Waals surface area (Å²) in [7, 11) is -2.27. The molecular formula is C16H16F2N2O4S. The van der Waals surface area contributed by atoms with Gasteiger partial charge < -0.3 is 9.30 Å². The monoisotopic (exact) mass is 370 g/mol. The third-order valence-electron chi connectivity index (χ3n) is 4.12. The van der Waals surface area contributed by atoms with Crippen molar-refractivity contribution in [3.63, 3.8) is 0 Å². The topological polar surface area (TPSA) is 68.6 Å². The zero-order chi connectivity index (χ0) is 18.4.